The Morgan fingerprint density at radius 1 is 0.964 bits per heavy atom. The topological polar surface area (TPSA) is 40.6 Å². The first-order valence-electron chi connectivity index (χ1n) is 9.46. The van der Waals surface area contributed by atoms with Crippen molar-refractivity contribution < 1.29 is 9.59 Å². The second-order valence-corrected chi connectivity index (χ2v) is 8.53. The zero-order chi connectivity index (χ0) is 19.3. The number of nitrogens with zero attached hydrogens (tertiary/aromatic N) is 2. The van der Waals surface area contributed by atoms with E-state index in [0.717, 1.165) is 0 Å². The number of thioether (sulfide) groups is 1. The van der Waals surface area contributed by atoms with E-state index in [4.69, 9.17) is 0 Å². The van der Waals surface area contributed by atoms with Crippen LogP contribution in [0.1, 0.15) is 27.1 Å². The number of imide groups is 1. The van der Waals surface area contributed by atoms with Gasteiger partial charge in [0.25, 0.3) is 11.8 Å². The summed E-state index contributed by atoms with van der Waals surface area (Å²) in [6.45, 7) is 0.410. The summed E-state index contributed by atoms with van der Waals surface area (Å²) >= 11 is 1.89. The Kier molecular flexibility index (Phi) is 4.13. The van der Waals surface area contributed by atoms with Gasteiger partial charge in [0, 0.05) is 18.5 Å². The van der Waals surface area contributed by atoms with Crippen molar-refractivity contribution in [2.75, 3.05) is 18.5 Å². The molecule has 140 valence electrons. The van der Waals surface area contributed by atoms with Crippen LogP contribution < -0.4 is 4.90 Å². The van der Waals surface area contributed by atoms with Crippen molar-refractivity contribution in [2.24, 2.45) is 0 Å². The number of anilines is 1. The van der Waals surface area contributed by atoms with Crippen LogP contribution in [0, 0.1) is 0 Å². The molecule has 2 aromatic rings. The van der Waals surface area contributed by atoms with Crippen molar-refractivity contribution >= 4 is 29.3 Å². The molecule has 0 N–H and O–H groups in total. The van der Waals surface area contributed by atoms with E-state index in [-0.39, 0.29) is 17.9 Å². The fraction of sp³-hybridized carbons (Fsp3) is 0.217. The molecule has 4 nitrogen and oxygen atoms in total. The number of benzene rings is 2. The highest BCUT2D eigenvalue weighted by Gasteiger charge is 2.35. The number of carbonyl (C=O) groups excluding carboxylic acids is 2. The molecule has 0 aromatic heterocycles. The molecule has 0 saturated carbocycles. The van der Waals surface area contributed by atoms with Gasteiger partial charge in [-0.15, -0.1) is 11.8 Å². The molecule has 5 rings (SSSR count). The lowest BCUT2D eigenvalue weighted by Gasteiger charge is -2.40. The number of hydrogen-bond donors (Lipinski definition) is 0. The zero-order valence-corrected chi connectivity index (χ0v) is 16.4. The molecule has 3 aliphatic rings. The van der Waals surface area contributed by atoms with Gasteiger partial charge >= 0.3 is 0 Å². The second kappa shape index (κ2) is 6.67. The molecular formula is C23H20N2O2S. The SMILES string of the molecule is CN1c2ccccc2S[C@H]2C=CC(CCN3C(=O)c4ccccc4C3=O)=C[C@H]21. The van der Waals surface area contributed by atoms with Crippen molar-refractivity contribution in [1.29, 1.82) is 0 Å². The number of para-hydroxylation sites is 1. The normalized spacial score (nSPS) is 22.7. The third-order valence-corrected chi connectivity index (χ3v) is 6.99. The summed E-state index contributed by atoms with van der Waals surface area (Å²) in [7, 11) is 2.13. The van der Waals surface area contributed by atoms with Gasteiger partial charge in [-0.05, 0) is 36.3 Å². The Bertz CT molecular complexity index is 1010. The van der Waals surface area contributed by atoms with Gasteiger partial charge in [0.1, 0.15) is 0 Å². The lowest BCUT2D eigenvalue weighted by molar-refractivity contribution is 0.0656. The predicted octanol–water partition coefficient (Wildman–Crippen LogP) is 4.15. The summed E-state index contributed by atoms with van der Waals surface area (Å²) in [5, 5.41) is 0.378. The minimum absolute atomic E-state index is 0.182. The van der Waals surface area contributed by atoms with Crippen LogP contribution >= 0.6 is 11.8 Å². The maximum absolute atomic E-state index is 12.6. The summed E-state index contributed by atoms with van der Waals surface area (Å²) in [5.41, 5.74) is 3.45. The van der Waals surface area contributed by atoms with Crippen molar-refractivity contribution in [3.63, 3.8) is 0 Å². The van der Waals surface area contributed by atoms with Gasteiger partial charge < -0.3 is 4.90 Å². The van der Waals surface area contributed by atoms with Crippen LogP contribution in [0.2, 0.25) is 0 Å². The van der Waals surface area contributed by atoms with E-state index in [0.29, 0.717) is 29.3 Å². The van der Waals surface area contributed by atoms with Crippen LogP contribution in [0.4, 0.5) is 5.69 Å². The molecule has 1 aliphatic carbocycles. The standard InChI is InChI=1S/C23H20N2O2S/c1-24-18-8-4-5-9-20(18)28-21-11-10-15(14-19(21)24)12-13-25-22(26)16-6-2-3-7-17(16)23(25)27/h2-11,14,19,21H,12-13H2,1H3/t19-,21+/m1/s1. The largest absolute Gasteiger partial charge is 0.366 e. The molecule has 2 amide bonds. The van der Waals surface area contributed by atoms with E-state index >= 15 is 0 Å². The number of rotatable bonds is 3. The van der Waals surface area contributed by atoms with E-state index in [9.17, 15) is 9.59 Å². The van der Waals surface area contributed by atoms with E-state index in [1.807, 2.05) is 11.8 Å². The molecule has 0 spiro atoms. The van der Waals surface area contributed by atoms with Gasteiger partial charge in [-0.25, -0.2) is 0 Å². The van der Waals surface area contributed by atoms with Gasteiger partial charge in [0.2, 0.25) is 0 Å². The summed E-state index contributed by atoms with van der Waals surface area (Å²) < 4.78 is 0. The number of amides is 2. The van der Waals surface area contributed by atoms with Gasteiger partial charge in [0.15, 0.2) is 0 Å². The van der Waals surface area contributed by atoms with E-state index < -0.39 is 0 Å². The predicted molar refractivity (Wildman–Crippen MR) is 112 cm³/mol. The molecule has 0 bridgehead atoms. The lowest BCUT2D eigenvalue weighted by Crippen LogP contribution is -2.42. The average molecular weight is 388 g/mol. The van der Waals surface area contributed by atoms with Crippen LogP contribution in [-0.4, -0.2) is 41.6 Å². The Morgan fingerprint density at radius 3 is 2.39 bits per heavy atom. The van der Waals surface area contributed by atoms with Gasteiger partial charge in [-0.1, -0.05) is 42.5 Å². The first kappa shape index (κ1) is 17.3. The minimum atomic E-state index is -0.182. The second-order valence-electron chi connectivity index (χ2n) is 7.31. The molecule has 0 unspecified atom stereocenters. The number of likely N-dealkylation sites (N-methyl/N-ethyl adjacent to an activating group) is 1. The molecule has 2 atom stereocenters. The summed E-state index contributed by atoms with van der Waals surface area (Å²) in [6.07, 6.45) is 7.35. The number of allylic oxidation sites excluding steroid dienone is 1. The molecule has 0 saturated heterocycles. The van der Waals surface area contributed by atoms with E-state index in [1.165, 1.54) is 21.1 Å². The van der Waals surface area contributed by atoms with Crippen molar-refractivity contribution in [1.82, 2.24) is 4.90 Å². The highest BCUT2D eigenvalue weighted by Crippen LogP contribution is 2.43. The van der Waals surface area contributed by atoms with E-state index in [2.05, 4.69) is 54.4 Å². The van der Waals surface area contributed by atoms with Gasteiger partial charge in [-0.2, -0.15) is 0 Å². The van der Waals surface area contributed by atoms with Gasteiger partial charge in [-0.3, -0.25) is 14.5 Å². The fourth-order valence-electron chi connectivity index (χ4n) is 4.15. The van der Waals surface area contributed by atoms with Crippen LogP contribution in [-0.2, 0) is 0 Å². The maximum atomic E-state index is 12.6. The Hall–Kier alpha value is -2.79. The number of hydrogen-bond acceptors (Lipinski definition) is 4. The molecule has 2 heterocycles. The zero-order valence-electron chi connectivity index (χ0n) is 15.5. The molecule has 2 aromatic carbocycles. The third-order valence-electron chi connectivity index (χ3n) is 5.68. The molecule has 28 heavy (non-hydrogen) atoms. The average Bonchev–Trinajstić information content (AvgIpc) is 2.97. The van der Waals surface area contributed by atoms with Crippen LogP contribution in [0.3, 0.4) is 0 Å². The highest BCUT2D eigenvalue weighted by atomic mass is 32.2. The maximum Gasteiger partial charge on any atom is 0.261 e. The van der Waals surface area contributed by atoms with Crippen molar-refractivity contribution in [3.8, 4) is 0 Å². The Labute approximate surface area is 168 Å². The van der Waals surface area contributed by atoms with Crippen LogP contribution in [0.5, 0.6) is 0 Å². The number of carbonyl (C=O) groups is 2. The molecule has 5 heteroatoms. The first-order valence-corrected chi connectivity index (χ1v) is 10.3. The highest BCUT2D eigenvalue weighted by molar-refractivity contribution is 8.00. The molecule has 0 fully saturated rings. The molecule has 0 radical (unpaired) electrons. The first-order chi connectivity index (χ1) is 13.6. The molecule has 2 aliphatic heterocycles. The quantitative estimate of drug-likeness (QED) is 0.741. The van der Waals surface area contributed by atoms with Crippen molar-refractivity contribution in [3.05, 3.63) is 83.5 Å². The molecular weight excluding hydrogens is 368 g/mol. The Morgan fingerprint density at radius 2 is 1.64 bits per heavy atom. The summed E-state index contributed by atoms with van der Waals surface area (Å²) in [6, 6.07) is 15.8. The van der Waals surface area contributed by atoms with Gasteiger partial charge in [0.05, 0.1) is 28.1 Å². The van der Waals surface area contributed by atoms with Crippen molar-refractivity contribution in [2.45, 2.75) is 22.6 Å². The fourth-order valence-corrected chi connectivity index (χ4v) is 5.49. The van der Waals surface area contributed by atoms with Crippen LogP contribution in [0.15, 0.2) is 77.2 Å². The summed E-state index contributed by atoms with van der Waals surface area (Å²) in [5.74, 6) is -0.365. The minimum Gasteiger partial charge on any atom is -0.366 e. The summed E-state index contributed by atoms with van der Waals surface area (Å²) in [4.78, 5) is 30.1. The lowest BCUT2D eigenvalue weighted by atomic mass is 9.98. The number of fused-ring (bicyclic) bond motifs is 3. The smallest absolute Gasteiger partial charge is 0.261 e. The Balaban J connectivity index is 1.32. The van der Waals surface area contributed by atoms with E-state index in [1.54, 1.807) is 24.3 Å². The van der Waals surface area contributed by atoms with Crippen LogP contribution in [0.25, 0.3) is 0 Å². The third kappa shape index (κ3) is 2.69. The monoisotopic (exact) mass is 388 g/mol.